The molecule has 160 valence electrons. The van der Waals surface area contributed by atoms with Crippen LogP contribution in [0, 0.1) is 5.92 Å². The standard InChI is InChI=1S/C18H19N3O9/c22-12-4-5-13(23)30-15-14(29-12)10(8-27-17(24)9-2-1-3-9)28-16(15)21-7-6-11(20-26)19-18(21)25/h4-7,9-10,14-16,26H,1-3,8H2,(H,19,20,25)/b5-4-/t10?,14-,15-,16-/m1/s1. The fraction of sp³-hybridized carbons (Fsp3) is 0.500. The maximum absolute atomic E-state index is 12.3. The maximum Gasteiger partial charge on any atom is 0.351 e. The molecule has 1 aliphatic carbocycles. The number of nitrogens with one attached hydrogen (secondary N) is 1. The molecule has 0 amide bonds. The minimum Gasteiger partial charge on any atom is -0.463 e. The zero-order chi connectivity index (χ0) is 21.3. The summed E-state index contributed by atoms with van der Waals surface area (Å²) in [5.74, 6) is -2.26. The summed E-state index contributed by atoms with van der Waals surface area (Å²) in [5.41, 5.74) is 0.935. The summed E-state index contributed by atoms with van der Waals surface area (Å²) in [6.45, 7) is -0.250. The topological polar surface area (TPSA) is 155 Å². The first-order valence-corrected chi connectivity index (χ1v) is 9.37. The number of fused-ring (bicyclic) bond motifs is 1. The number of hydrogen-bond donors (Lipinski definition) is 2. The lowest BCUT2D eigenvalue weighted by molar-refractivity contribution is -0.166. The zero-order valence-electron chi connectivity index (χ0n) is 15.6. The summed E-state index contributed by atoms with van der Waals surface area (Å²) >= 11 is 0. The van der Waals surface area contributed by atoms with Gasteiger partial charge in [0, 0.05) is 18.3 Å². The fourth-order valence-electron chi connectivity index (χ4n) is 3.41. The number of anilines is 1. The van der Waals surface area contributed by atoms with Gasteiger partial charge in [0.25, 0.3) is 0 Å². The Kier molecular flexibility index (Phi) is 5.50. The van der Waals surface area contributed by atoms with E-state index < -0.39 is 42.2 Å². The molecular formula is C18H19N3O9. The van der Waals surface area contributed by atoms with Gasteiger partial charge in [-0.05, 0) is 18.9 Å². The quantitative estimate of drug-likeness (QED) is 0.365. The molecule has 1 unspecified atom stereocenters. The monoisotopic (exact) mass is 421 g/mol. The number of carbonyl (C=O) groups excluding carboxylic acids is 3. The first-order chi connectivity index (χ1) is 14.5. The Hall–Kier alpha value is -3.25. The third-order valence-corrected chi connectivity index (χ3v) is 5.19. The first kappa shape index (κ1) is 20.0. The largest absolute Gasteiger partial charge is 0.463 e. The van der Waals surface area contributed by atoms with Crippen LogP contribution in [0.4, 0.5) is 5.82 Å². The Morgan fingerprint density at radius 3 is 2.50 bits per heavy atom. The van der Waals surface area contributed by atoms with Crippen LogP contribution in [-0.4, -0.2) is 57.6 Å². The van der Waals surface area contributed by atoms with Crippen molar-refractivity contribution in [1.82, 2.24) is 9.55 Å². The van der Waals surface area contributed by atoms with E-state index in [9.17, 15) is 19.2 Å². The van der Waals surface area contributed by atoms with Crippen LogP contribution in [-0.2, 0) is 33.3 Å². The molecule has 1 aromatic rings. The molecule has 1 aromatic heterocycles. The molecule has 30 heavy (non-hydrogen) atoms. The molecule has 0 radical (unpaired) electrons. The number of hydrogen-bond acceptors (Lipinski definition) is 11. The van der Waals surface area contributed by atoms with Crippen molar-refractivity contribution in [2.45, 2.75) is 43.8 Å². The highest BCUT2D eigenvalue weighted by atomic mass is 16.7. The second-order valence-corrected chi connectivity index (χ2v) is 7.07. The molecule has 2 aliphatic heterocycles. The molecule has 2 N–H and O–H groups in total. The Balaban J connectivity index is 1.60. The predicted octanol–water partition coefficient (Wildman–Crippen LogP) is -0.322. The number of nitrogens with zero attached hydrogens (tertiary/aromatic N) is 2. The van der Waals surface area contributed by atoms with Crippen LogP contribution in [0.15, 0.2) is 29.2 Å². The third kappa shape index (κ3) is 3.91. The summed E-state index contributed by atoms with van der Waals surface area (Å²) in [5, 5.41) is 8.90. The molecule has 0 spiro atoms. The van der Waals surface area contributed by atoms with Crippen molar-refractivity contribution in [3.8, 4) is 0 Å². The molecule has 2 fully saturated rings. The highest BCUT2D eigenvalue weighted by Crippen LogP contribution is 2.35. The molecule has 3 aliphatic rings. The number of esters is 3. The van der Waals surface area contributed by atoms with Crippen LogP contribution >= 0.6 is 0 Å². The smallest absolute Gasteiger partial charge is 0.351 e. The van der Waals surface area contributed by atoms with Gasteiger partial charge in [-0.3, -0.25) is 20.0 Å². The van der Waals surface area contributed by atoms with E-state index in [0.717, 1.165) is 36.0 Å². The van der Waals surface area contributed by atoms with E-state index in [1.54, 1.807) is 5.48 Å². The summed E-state index contributed by atoms with van der Waals surface area (Å²) < 4.78 is 22.8. The normalized spacial score (nSPS) is 29.5. The van der Waals surface area contributed by atoms with Crippen LogP contribution in [0.5, 0.6) is 0 Å². The molecule has 4 rings (SSSR count). The molecule has 0 bridgehead atoms. The number of carbonyl (C=O) groups is 3. The Labute approximate surface area is 169 Å². The van der Waals surface area contributed by atoms with Crippen molar-refractivity contribution in [3.05, 3.63) is 34.9 Å². The van der Waals surface area contributed by atoms with E-state index >= 15 is 0 Å². The van der Waals surface area contributed by atoms with Gasteiger partial charge in [-0.25, -0.2) is 14.4 Å². The van der Waals surface area contributed by atoms with Gasteiger partial charge in [0.1, 0.15) is 12.7 Å². The molecule has 12 nitrogen and oxygen atoms in total. The molecular weight excluding hydrogens is 402 g/mol. The zero-order valence-corrected chi connectivity index (χ0v) is 15.6. The van der Waals surface area contributed by atoms with Gasteiger partial charge >= 0.3 is 23.6 Å². The molecule has 1 saturated carbocycles. The average Bonchev–Trinajstić information content (AvgIpc) is 2.98. The third-order valence-electron chi connectivity index (χ3n) is 5.19. The van der Waals surface area contributed by atoms with E-state index in [1.165, 1.54) is 12.3 Å². The summed E-state index contributed by atoms with van der Waals surface area (Å²) in [6, 6.07) is 1.29. The lowest BCUT2D eigenvalue weighted by atomic mass is 9.86. The van der Waals surface area contributed by atoms with E-state index in [-0.39, 0.29) is 24.3 Å². The molecule has 12 heteroatoms. The minimum absolute atomic E-state index is 0.0965. The van der Waals surface area contributed by atoms with Gasteiger partial charge in [0.15, 0.2) is 24.3 Å². The summed E-state index contributed by atoms with van der Waals surface area (Å²) in [7, 11) is 0. The van der Waals surface area contributed by atoms with Crippen molar-refractivity contribution in [2.24, 2.45) is 5.92 Å². The van der Waals surface area contributed by atoms with Crippen molar-refractivity contribution in [2.75, 3.05) is 12.1 Å². The molecule has 3 heterocycles. The van der Waals surface area contributed by atoms with Gasteiger partial charge in [-0.1, -0.05) is 6.42 Å². The molecule has 1 saturated heterocycles. The molecule has 4 atom stereocenters. The van der Waals surface area contributed by atoms with Gasteiger partial charge < -0.3 is 18.9 Å². The highest BCUT2D eigenvalue weighted by molar-refractivity contribution is 5.92. The van der Waals surface area contributed by atoms with Crippen molar-refractivity contribution < 1.29 is 38.5 Å². The van der Waals surface area contributed by atoms with E-state index in [1.807, 2.05) is 0 Å². The molecule has 0 aromatic carbocycles. The predicted molar refractivity (Wildman–Crippen MR) is 95.0 cm³/mol. The van der Waals surface area contributed by atoms with Crippen LogP contribution in [0.2, 0.25) is 0 Å². The van der Waals surface area contributed by atoms with Crippen molar-refractivity contribution in [3.63, 3.8) is 0 Å². The SMILES string of the molecule is O=C1/C=C\C(=O)O[C@@H]2C(COC(=O)C3CCC3)O[C@@H](n3ccc(NO)nc3=O)[C@@H]2O1. The van der Waals surface area contributed by atoms with Gasteiger partial charge in [-0.2, -0.15) is 4.98 Å². The van der Waals surface area contributed by atoms with Crippen LogP contribution < -0.4 is 11.2 Å². The number of aromatic nitrogens is 2. The Bertz CT molecular complexity index is 939. The second-order valence-electron chi connectivity index (χ2n) is 7.07. The van der Waals surface area contributed by atoms with Crippen LogP contribution in [0.3, 0.4) is 0 Å². The van der Waals surface area contributed by atoms with Gasteiger partial charge in [-0.15, -0.1) is 0 Å². The van der Waals surface area contributed by atoms with E-state index in [0.29, 0.717) is 0 Å². The number of rotatable bonds is 5. The highest BCUT2D eigenvalue weighted by Gasteiger charge is 2.51. The number of ether oxygens (including phenoxy) is 4. The fourth-order valence-corrected chi connectivity index (χ4v) is 3.41. The second kappa shape index (κ2) is 8.24. The minimum atomic E-state index is -1.20. The Morgan fingerprint density at radius 1 is 1.20 bits per heavy atom. The first-order valence-electron chi connectivity index (χ1n) is 9.37. The average molecular weight is 421 g/mol. The van der Waals surface area contributed by atoms with Crippen molar-refractivity contribution in [1.29, 1.82) is 0 Å². The van der Waals surface area contributed by atoms with Crippen LogP contribution in [0.1, 0.15) is 25.5 Å². The van der Waals surface area contributed by atoms with E-state index in [2.05, 4.69) is 4.98 Å². The lowest BCUT2D eigenvalue weighted by Crippen LogP contribution is -2.43. The summed E-state index contributed by atoms with van der Waals surface area (Å²) in [4.78, 5) is 52.0. The Morgan fingerprint density at radius 2 is 1.90 bits per heavy atom. The van der Waals surface area contributed by atoms with Gasteiger partial charge in [0.2, 0.25) is 0 Å². The maximum atomic E-state index is 12.3. The lowest BCUT2D eigenvalue weighted by Gasteiger charge is -2.26. The van der Waals surface area contributed by atoms with Crippen LogP contribution in [0.25, 0.3) is 0 Å². The van der Waals surface area contributed by atoms with Crippen molar-refractivity contribution >= 4 is 23.7 Å². The van der Waals surface area contributed by atoms with Gasteiger partial charge in [0.05, 0.1) is 5.92 Å². The summed E-state index contributed by atoms with van der Waals surface area (Å²) in [6.07, 6.45) is 1.07. The van der Waals surface area contributed by atoms with E-state index in [4.69, 9.17) is 24.2 Å².